The summed E-state index contributed by atoms with van der Waals surface area (Å²) in [5.41, 5.74) is 0.528. The van der Waals surface area contributed by atoms with E-state index in [0.717, 1.165) is 18.6 Å². The van der Waals surface area contributed by atoms with Crippen LogP contribution in [0.5, 0.6) is 0 Å². The average molecular weight is 267 g/mol. The molecule has 0 amide bonds. The minimum Gasteiger partial charge on any atom is -0.384 e. The maximum absolute atomic E-state index is 10.9. The van der Waals surface area contributed by atoms with Crippen LogP contribution in [-0.2, 0) is 4.74 Å². The summed E-state index contributed by atoms with van der Waals surface area (Å²) in [7, 11) is 1.72. The van der Waals surface area contributed by atoms with Crippen LogP contribution in [0.2, 0.25) is 0 Å². The summed E-state index contributed by atoms with van der Waals surface area (Å²) in [6.07, 6.45) is 2.10. The Balaban J connectivity index is 2.22. The second-order valence-corrected chi connectivity index (χ2v) is 7.50. The summed E-state index contributed by atoms with van der Waals surface area (Å²) in [6.45, 7) is 11.5. The first kappa shape index (κ1) is 15.0. The zero-order chi connectivity index (χ0) is 14.4. The Bertz CT molecular complexity index is 371. The van der Waals surface area contributed by atoms with E-state index in [4.69, 9.17) is 9.73 Å². The van der Waals surface area contributed by atoms with E-state index in [2.05, 4.69) is 27.7 Å². The number of nitrogens with zero attached hydrogens (tertiary/aromatic N) is 1. The molecule has 3 fully saturated rings. The van der Waals surface area contributed by atoms with Gasteiger partial charge < -0.3 is 9.84 Å². The van der Waals surface area contributed by atoms with Gasteiger partial charge in [-0.3, -0.25) is 4.99 Å². The smallest absolute Gasteiger partial charge is 0.103 e. The van der Waals surface area contributed by atoms with E-state index < -0.39 is 5.60 Å². The third-order valence-electron chi connectivity index (χ3n) is 5.60. The normalized spacial score (nSPS) is 40.3. The second kappa shape index (κ2) is 4.85. The van der Waals surface area contributed by atoms with Gasteiger partial charge in [-0.05, 0) is 42.9 Å². The highest BCUT2D eigenvalue weighted by Gasteiger charge is 2.61. The van der Waals surface area contributed by atoms with Gasteiger partial charge in [0.05, 0.1) is 12.6 Å². The molecule has 0 radical (unpaired) electrons. The molecule has 0 aromatic rings. The summed E-state index contributed by atoms with van der Waals surface area (Å²) < 4.78 is 5.27. The number of fused-ring (bicyclic) bond motifs is 2. The van der Waals surface area contributed by atoms with Crippen molar-refractivity contribution >= 4 is 5.71 Å². The molecular formula is C16H29NO2. The van der Waals surface area contributed by atoms with Gasteiger partial charge in [0.1, 0.15) is 5.60 Å². The van der Waals surface area contributed by atoms with E-state index >= 15 is 0 Å². The van der Waals surface area contributed by atoms with Gasteiger partial charge in [-0.25, -0.2) is 0 Å². The third-order valence-corrected chi connectivity index (χ3v) is 5.60. The molecule has 0 aliphatic heterocycles. The maximum atomic E-state index is 10.9. The summed E-state index contributed by atoms with van der Waals surface area (Å²) in [4.78, 5) is 4.87. The number of ether oxygens (including phenoxy) is 1. The lowest BCUT2D eigenvalue weighted by atomic mass is 9.44. The molecule has 3 heteroatoms. The van der Waals surface area contributed by atoms with Crippen molar-refractivity contribution in [2.45, 2.75) is 59.1 Å². The van der Waals surface area contributed by atoms with Crippen LogP contribution < -0.4 is 0 Å². The Hall–Kier alpha value is -0.410. The van der Waals surface area contributed by atoms with E-state index in [-0.39, 0.29) is 11.5 Å². The molecule has 3 saturated carbocycles. The summed E-state index contributed by atoms with van der Waals surface area (Å²) in [5.74, 6) is 1.48. The molecular weight excluding hydrogens is 238 g/mol. The minimum absolute atomic E-state index is 0.159. The highest BCUT2D eigenvalue weighted by Crippen LogP contribution is 2.61. The Kier molecular flexibility index (Phi) is 3.83. The molecule has 4 atom stereocenters. The number of hydrogen-bond acceptors (Lipinski definition) is 3. The van der Waals surface area contributed by atoms with E-state index in [9.17, 15) is 5.11 Å². The standard InChI is InChI=1S/C16H29NO2/c1-10(2)12(9-19-6)17-14-8-11-7-13(15(11,3)4)16(14,5)18/h10-13,18H,7-9H2,1-6H3/t11-,12+,13-,16-/m0/s1. The fourth-order valence-corrected chi connectivity index (χ4v) is 3.89. The Morgan fingerprint density at radius 2 is 2.00 bits per heavy atom. The fraction of sp³-hybridized carbons (Fsp3) is 0.938. The van der Waals surface area contributed by atoms with Crippen LogP contribution in [0.1, 0.15) is 47.5 Å². The summed E-state index contributed by atoms with van der Waals surface area (Å²) in [6, 6.07) is 0.159. The monoisotopic (exact) mass is 267 g/mol. The predicted molar refractivity (Wildman–Crippen MR) is 78.6 cm³/mol. The largest absolute Gasteiger partial charge is 0.384 e. The lowest BCUT2D eigenvalue weighted by Gasteiger charge is -2.63. The van der Waals surface area contributed by atoms with Gasteiger partial charge in [0.2, 0.25) is 0 Å². The van der Waals surface area contributed by atoms with Crippen LogP contribution in [0.25, 0.3) is 0 Å². The van der Waals surface area contributed by atoms with Crippen LogP contribution in [0.3, 0.4) is 0 Å². The van der Waals surface area contributed by atoms with Crippen LogP contribution in [0.15, 0.2) is 4.99 Å². The molecule has 0 aromatic carbocycles. The number of hydrogen-bond donors (Lipinski definition) is 1. The zero-order valence-electron chi connectivity index (χ0n) is 13.2. The van der Waals surface area contributed by atoms with Crippen molar-refractivity contribution in [3.8, 4) is 0 Å². The quantitative estimate of drug-likeness (QED) is 0.851. The van der Waals surface area contributed by atoms with Crippen LogP contribution in [0.4, 0.5) is 0 Å². The lowest BCUT2D eigenvalue weighted by Crippen LogP contribution is -2.65. The number of aliphatic imine (C=N–C) groups is 1. The zero-order valence-corrected chi connectivity index (χ0v) is 13.2. The van der Waals surface area contributed by atoms with E-state index in [1.807, 2.05) is 6.92 Å². The Morgan fingerprint density at radius 1 is 1.37 bits per heavy atom. The van der Waals surface area contributed by atoms with E-state index in [1.165, 1.54) is 0 Å². The molecule has 3 nitrogen and oxygen atoms in total. The van der Waals surface area contributed by atoms with Gasteiger partial charge in [-0.1, -0.05) is 27.7 Å². The van der Waals surface area contributed by atoms with Gasteiger partial charge >= 0.3 is 0 Å². The van der Waals surface area contributed by atoms with E-state index in [0.29, 0.717) is 24.4 Å². The molecule has 0 unspecified atom stereocenters. The Morgan fingerprint density at radius 3 is 2.42 bits per heavy atom. The average Bonchev–Trinajstić information content (AvgIpc) is 2.29. The van der Waals surface area contributed by atoms with Gasteiger partial charge in [0.15, 0.2) is 0 Å². The minimum atomic E-state index is -0.737. The van der Waals surface area contributed by atoms with Gasteiger partial charge in [-0.15, -0.1) is 0 Å². The topological polar surface area (TPSA) is 41.8 Å². The fourth-order valence-electron chi connectivity index (χ4n) is 3.89. The van der Waals surface area contributed by atoms with Crippen LogP contribution in [0, 0.1) is 23.2 Å². The molecule has 3 aliphatic carbocycles. The molecule has 0 heterocycles. The maximum Gasteiger partial charge on any atom is 0.103 e. The Labute approximate surface area is 117 Å². The molecule has 1 N–H and O–H groups in total. The van der Waals surface area contributed by atoms with Crippen molar-refractivity contribution in [2.75, 3.05) is 13.7 Å². The van der Waals surface area contributed by atoms with Crippen molar-refractivity contribution in [1.82, 2.24) is 0 Å². The van der Waals surface area contributed by atoms with Crippen molar-refractivity contribution < 1.29 is 9.84 Å². The number of aliphatic hydroxyl groups is 1. The molecule has 110 valence electrons. The molecule has 2 bridgehead atoms. The third kappa shape index (κ3) is 2.36. The highest BCUT2D eigenvalue weighted by molar-refractivity contribution is 5.94. The highest BCUT2D eigenvalue weighted by atomic mass is 16.5. The summed E-state index contributed by atoms with van der Waals surface area (Å²) in [5, 5.41) is 10.9. The van der Waals surface area contributed by atoms with Crippen molar-refractivity contribution in [2.24, 2.45) is 28.2 Å². The SMILES string of the molecule is COC[C@@H](N=C1C[C@@H]2C[C@@H](C2(C)C)[C@]1(C)O)C(C)C. The first-order valence-corrected chi connectivity index (χ1v) is 7.49. The number of methoxy groups -OCH3 is 1. The first-order chi connectivity index (χ1) is 8.71. The first-order valence-electron chi connectivity index (χ1n) is 7.49. The van der Waals surface area contributed by atoms with Crippen LogP contribution >= 0.6 is 0 Å². The van der Waals surface area contributed by atoms with E-state index in [1.54, 1.807) is 7.11 Å². The summed E-state index contributed by atoms with van der Waals surface area (Å²) >= 11 is 0. The van der Waals surface area contributed by atoms with Gasteiger partial charge in [-0.2, -0.15) is 0 Å². The molecule has 19 heavy (non-hydrogen) atoms. The van der Waals surface area contributed by atoms with Gasteiger partial charge in [0, 0.05) is 12.8 Å². The van der Waals surface area contributed by atoms with Gasteiger partial charge in [0.25, 0.3) is 0 Å². The molecule has 0 aromatic heterocycles. The van der Waals surface area contributed by atoms with Crippen molar-refractivity contribution in [3.63, 3.8) is 0 Å². The molecule has 0 spiro atoms. The number of rotatable bonds is 4. The second-order valence-electron chi connectivity index (χ2n) is 7.50. The molecule has 3 rings (SSSR count). The lowest BCUT2D eigenvalue weighted by molar-refractivity contribution is -0.134. The van der Waals surface area contributed by atoms with Crippen molar-refractivity contribution in [3.05, 3.63) is 0 Å². The molecule has 3 aliphatic rings. The van der Waals surface area contributed by atoms with Crippen LogP contribution in [-0.4, -0.2) is 36.2 Å². The van der Waals surface area contributed by atoms with Crippen molar-refractivity contribution in [1.29, 1.82) is 0 Å². The molecule has 0 saturated heterocycles. The predicted octanol–water partition coefficient (Wildman–Crippen LogP) is 2.92.